The third-order valence-corrected chi connectivity index (χ3v) is 7.34. The molecule has 0 aliphatic rings. The third-order valence-electron chi connectivity index (χ3n) is 7.34. The molecule has 32 heavy (non-hydrogen) atoms. The van der Waals surface area contributed by atoms with Crippen molar-refractivity contribution in [1.29, 1.82) is 0 Å². The van der Waals surface area contributed by atoms with Gasteiger partial charge in [0, 0.05) is 28.2 Å². The summed E-state index contributed by atoms with van der Waals surface area (Å²) in [6, 6.07) is 30.4. The highest BCUT2D eigenvalue weighted by Crippen LogP contribution is 2.38. The van der Waals surface area contributed by atoms with Crippen molar-refractivity contribution in [3.63, 3.8) is 0 Å². The Hall–Kier alpha value is -3.26. The van der Waals surface area contributed by atoms with Gasteiger partial charge in [-0.15, -0.1) is 0 Å². The zero-order valence-corrected chi connectivity index (χ0v) is 19.6. The van der Waals surface area contributed by atoms with E-state index in [1.165, 1.54) is 33.1 Å². The smallest absolute Gasteiger partial charge is 0.105 e. The van der Waals surface area contributed by atoms with Crippen molar-refractivity contribution < 1.29 is 0 Å². The Labute approximate surface area is 192 Å². The van der Waals surface area contributed by atoms with Crippen LogP contribution in [0.5, 0.6) is 0 Å². The Morgan fingerprint density at radius 2 is 1.41 bits per heavy atom. The number of pyridine rings is 1. The third kappa shape index (κ3) is 3.26. The van der Waals surface area contributed by atoms with Gasteiger partial charge in [-0.1, -0.05) is 80.1 Å². The molecule has 2 nitrogen and oxygen atoms in total. The van der Waals surface area contributed by atoms with Crippen LogP contribution in [0.3, 0.4) is 0 Å². The predicted molar refractivity (Wildman–Crippen MR) is 142 cm³/mol. The maximum Gasteiger partial charge on any atom is 0.105 e. The van der Waals surface area contributed by atoms with Crippen LogP contribution in [0.15, 0.2) is 91.1 Å². The van der Waals surface area contributed by atoms with Crippen LogP contribution in [-0.4, -0.2) is 25.2 Å². The van der Waals surface area contributed by atoms with Gasteiger partial charge >= 0.3 is 0 Å². The van der Waals surface area contributed by atoms with E-state index >= 15 is 0 Å². The van der Waals surface area contributed by atoms with Crippen molar-refractivity contribution >= 4 is 37.5 Å². The molecule has 0 N–H and O–H groups in total. The second kappa shape index (κ2) is 7.41. The Kier molecular flexibility index (Phi) is 4.78. The lowest BCUT2D eigenvalue weighted by molar-refractivity contribution is 0.358. The number of fused-ring (bicyclic) bond motifs is 3. The molecule has 0 aliphatic carbocycles. The number of rotatable bonds is 3. The van der Waals surface area contributed by atoms with Crippen molar-refractivity contribution in [3.05, 3.63) is 96.7 Å². The highest BCUT2D eigenvalue weighted by atomic mass is 15.0. The average Bonchev–Trinajstić information content (AvgIpc) is 3.12. The van der Waals surface area contributed by atoms with Gasteiger partial charge in [-0.2, -0.15) is 0 Å². The molecule has 5 aromatic rings. The average molecular weight is 414 g/mol. The van der Waals surface area contributed by atoms with Crippen LogP contribution in [0.1, 0.15) is 26.3 Å². The van der Waals surface area contributed by atoms with Crippen LogP contribution in [0.25, 0.3) is 38.8 Å². The molecule has 0 aliphatic heterocycles. The molecule has 0 bridgehead atoms. The fourth-order valence-corrected chi connectivity index (χ4v) is 4.40. The number of hydrogen-bond acceptors (Lipinski definition) is 1. The van der Waals surface area contributed by atoms with Gasteiger partial charge in [-0.3, -0.25) is 4.98 Å². The lowest BCUT2D eigenvalue weighted by Gasteiger charge is -2.40. The molecule has 0 spiro atoms. The van der Waals surface area contributed by atoms with Crippen molar-refractivity contribution in [2.75, 3.05) is 0 Å². The van der Waals surface area contributed by atoms with Crippen LogP contribution in [0.4, 0.5) is 0 Å². The zero-order chi connectivity index (χ0) is 22.5. The van der Waals surface area contributed by atoms with Gasteiger partial charge < -0.3 is 4.57 Å². The maximum atomic E-state index is 4.76. The second-order valence-corrected chi connectivity index (χ2v) is 10.2. The summed E-state index contributed by atoms with van der Waals surface area (Å²) in [7, 11) is 4.64. The molecule has 0 saturated carbocycles. The van der Waals surface area contributed by atoms with E-state index in [0.717, 1.165) is 11.3 Å². The van der Waals surface area contributed by atoms with Gasteiger partial charge in [0.2, 0.25) is 0 Å². The van der Waals surface area contributed by atoms with E-state index in [1.54, 1.807) is 0 Å². The van der Waals surface area contributed by atoms with E-state index in [4.69, 9.17) is 4.98 Å². The first-order valence-electron chi connectivity index (χ1n) is 11.3. The van der Waals surface area contributed by atoms with Gasteiger partial charge in [-0.25, -0.2) is 0 Å². The summed E-state index contributed by atoms with van der Waals surface area (Å²) < 4.78 is 2.36. The molecule has 0 amide bonds. The Morgan fingerprint density at radius 1 is 0.719 bits per heavy atom. The van der Waals surface area contributed by atoms with Crippen LogP contribution in [0.2, 0.25) is 0 Å². The van der Waals surface area contributed by atoms with Gasteiger partial charge in [0.05, 0.1) is 16.7 Å². The Bertz CT molecular complexity index is 1430. The standard InChI is InChI=1S/C28H28B2N2/c1-27(2,3)28(29,30)20-15-16-31-24(18-20)19-13-14-23-22-11-7-8-12-25(22)32(26(23)17-19)21-9-5-4-6-10-21/h4-18H,29-30H2,1-3H3. The molecule has 0 radical (unpaired) electrons. The normalized spacial score (nSPS) is 12.5. The maximum absolute atomic E-state index is 4.76. The van der Waals surface area contributed by atoms with E-state index in [-0.39, 0.29) is 10.6 Å². The molecule has 0 fully saturated rings. The Morgan fingerprint density at radius 3 is 2.16 bits per heavy atom. The fraction of sp³-hybridized carbons (Fsp3) is 0.179. The minimum Gasteiger partial charge on any atom is -0.309 e. The van der Waals surface area contributed by atoms with Gasteiger partial charge in [0.1, 0.15) is 15.7 Å². The van der Waals surface area contributed by atoms with E-state index in [1.807, 2.05) is 6.20 Å². The molecule has 4 heteroatoms. The SMILES string of the molecule is BC(B)(c1ccnc(-c2ccc3c4ccccc4n(-c4ccccc4)c3c2)c1)C(C)(C)C. The second-order valence-electron chi connectivity index (χ2n) is 10.2. The summed E-state index contributed by atoms with van der Waals surface area (Å²) in [6.45, 7) is 6.91. The molecule has 2 heterocycles. The Balaban J connectivity index is 1.73. The molecule has 5 rings (SSSR count). The summed E-state index contributed by atoms with van der Waals surface area (Å²) in [4.78, 5) is 4.76. The minimum absolute atomic E-state index is 0.0354. The number of aromatic nitrogens is 2. The highest BCUT2D eigenvalue weighted by molar-refractivity contribution is 6.40. The predicted octanol–water partition coefficient (Wildman–Crippen LogP) is 5.31. The molecule has 0 atom stereocenters. The van der Waals surface area contributed by atoms with Crippen LogP contribution in [-0.2, 0) is 5.21 Å². The fourth-order valence-electron chi connectivity index (χ4n) is 4.40. The summed E-state index contributed by atoms with van der Waals surface area (Å²) in [6.07, 6.45) is 1.95. The number of benzene rings is 3. The largest absolute Gasteiger partial charge is 0.309 e. The minimum atomic E-state index is 0.0354. The van der Waals surface area contributed by atoms with Crippen molar-refractivity contribution in [1.82, 2.24) is 9.55 Å². The van der Waals surface area contributed by atoms with Crippen LogP contribution in [0, 0.1) is 5.41 Å². The van der Waals surface area contributed by atoms with Crippen molar-refractivity contribution in [3.8, 4) is 16.9 Å². The summed E-state index contributed by atoms with van der Waals surface area (Å²) >= 11 is 0. The monoisotopic (exact) mass is 414 g/mol. The van der Waals surface area contributed by atoms with Gasteiger partial charge in [0.25, 0.3) is 0 Å². The number of hydrogen-bond donors (Lipinski definition) is 0. The molecular formula is C28H28B2N2. The van der Waals surface area contributed by atoms with Crippen molar-refractivity contribution in [2.24, 2.45) is 5.41 Å². The molecule has 0 unspecified atom stereocenters. The van der Waals surface area contributed by atoms with E-state index in [9.17, 15) is 0 Å². The first-order valence-corrected chi connectivity index (χ1v) is 11.3. The summed E-state index contributed by atoms with van der Waals surface area (Å²) in [5.74, 6) is 0. The molecule has 3 aromatic carbocycles. The molecule has 2 aromatic heterocycles. The number of nitrogens with zero attached hydrogens (tertiary/aromatic N) is 2. The molecule has 0 saturated heterocycles. The lowest BCUT2D eigenvalue weighted by atomic mass is 9.41. The molecule has 156 valence electrons. The van der Waals surface area contributed by atoms with Crippen molar-refractivity contribution in [2.45, 2.75) is 26.0 Å². The van der Waals surface area contributed by atoms with Gasteiger partial charge in [-0.05, 0) is 41.8 Å². The van der Waals surface area contributed by atoms with E-state index < -0.39 is 0 Å². The summed E-state index contributed by atoms with van der Waals surface area (Å²) in [5, 5.41) is 2.57. The van der Waals surface area contributed by atoms with Crippen LogP contribution >= 0.6 is 0 Å². The zero-order valence-electron chi connectivity index (χ0n) is 19.6. The highest BCUT2D eigenvalue weighted by Gasteiger charge is 2.34. The van der Waals surface area contributed by atoms with E-state index in [2.05, 4.69) is 126 Å². The quantitative estimate of drug-likeness (QED) is 0.366. The van der Waals surface area contributed by atoms with E-state index in [0.29, 0.717) is 0 Å². The first kappa shape index (κ1) is 20.6. The topological polar surface area (TPSA) is 17.8 Å². The lowest BCUT2D eigenvalue weighted by Crippen LogP contribution is -2.41. The first-order chi connectivity index (χ1) is 15.3. The molecular weight excluding hydrogens is 386 g/mol. The van der Waals surface area contributed by atoms with Crippen LogP contribution < -0.4 is 0 Å². The number of para-hydroxylation sites is 2. The summed E-state index contributed by atoms with van der Waals surface area (Å²) in [5.41, 5.74) is 7.23. The van der Waals surface area contributed by atoms with Gasteiger partial charge in [0.15, 0.2) is 0 Å².